The van der Waals surface area contributed by atoms with E-state index in [1.54, 1.807) is 12.1 Å². The highest BCUT2D eigenvalue weighted by atomic mass is 35.5. The van der Waals surface area contributed by atoms with Crippen LogP contribution < -0.4 is 10.6 Å². The quantitative estimate of drug-likeness (QED) is 0.857. The monoisotopic (exact) mass is 322 g/mol. The maximum absolute atomic E-state index is 11.7. The molecule has 0 aliphatic carbocycles. The van der Waals surface area contributed by atoms with Gasteiger partial charge in [-0.25, -0.2) is 4.79 Å². The Morgan fingerprint density at radius 2 is 1.67 bits per heavy atom. The van der Waals surface area contributed by atoms with E-state index in [0.717, 1.165) is 16.1 Å². The molecule has 0 fully saturated rings. The highest BCUT2D eigenvalue weighted by Gasteiger charge is 2.02. The first-order valence-corrected chi connectivity index (χ1v) is 7.40. The van der Waals surface area contributed by atoms with Gasteiger partial charge in [-0.3, -0.25) is 0 Å². The molecule has 0 unspecified atom stereocenters. The number of rotatable bonds is 5. The lowest BCUT2D eigenvalue weighted by Gasteiger charge is -2.08. The molecule has 2 N–H and O–H groups in total. The highest BCUT2D eigenvalue weighted by molar-refractivity contribution is 6.31. The van der Waals surface area contributed by atoms with Gasteiger partial charge < -0.3 is 10.6 Å². The van der Waals surface area contributed by atoms with Gasteiger partial charge in [-0.2, -0.15) is 0 Å². The Bertz CT molecular complexity index is 599. The van der Waals surface area contributed by atoms with Crippen LogP contribution >= 0.6 is 23.2 Å². The SMILES string of the molecule is O=C(NCCc1ccccc1Cl)NCc1ccc(Cl)cc1. The predicted octanol–water partition coefficient (Wildman–Crippen LogP) is 4.04. The van der Waals surface area contributed by atoms with E-state index < -0.39 is 0 Å². The normalized spacial score (nSPS) is 10.2. The van der Waals surface area contributed by atoms with E-state index in [9.17, 15) is 4.79 Å². The van der Waals surface area contributed by atoms with Crippen LogP contribution in [0.5, 0.6) is 0 Å². The van der Waals surface area contributed by atoms with Crippen molar-refractivity contribution in [1.29, 1.82) is 0 Å². The summed E-state index contributed by atoms with van der Waals surface area (Å²) in [5.41, 5.74) is 2.03. The zero-order chi connectivity index (χ0) is 15.1. The Labute approximate surface area is 134 Å². The second-order valence-electron chi connectivity index (χ2n) is 4.58. The molecule has 0 saturated heterocycles. The van der Waals surface area contributed by atoms with E-state index in [1.165, 1.54) is 0 Å². The van der Waals surface area contributed by atoms with Crippen molar-refractivity contribution in [2.45, 2.75) is 13.0 Å². The van der Waals surface area contributed by atoms with Crippen LogP contribution in [0.1, 0.15) is 11.1 Å². The molecule has 0 atom stereocenters. The second kappa shape index (κ2) is 7.91. The molecule has 2 rings (SSSR count). The van der Waals surface area contributed by atoms with E-state index in [2.05, 4.69) is 10.6 Å². The standard InChI is InChI=1S/C16H16Cl2N2O/c17-14-7-5-12(6-8-14)11-20-16(21)19-10-9-13-3-1-2-4-15(13)18/h1-8H,9-11H2,(H2,19,20,21). The Kier molecular flexibility index (Phi) is 5.90. The molecular weight excluding hydrogens is 307 g/mol. The van der Waals surface area contributed by atoms with Crippen molar-refractivity contribution in [3.8, 4) is 0 Å². The lowest BCUT2D eigenvalue weighted by Crippen LogP contribution is -2.36. The molecule has 0 radical (unpaired) electrons. The first kappa shape index (κ1) is 15.7. The minimum atomic E-state index is -0.197. The third kappa shape index (κ3) is 5.29. The predicted molar refractivity (Wildman–Crippen MR) is 86.8 cm³/mol. The van der Waals surface area contributed by atoms with Crippen molar-refractivity contribution >= 4 is 29.2 Å². The molecule has 21 heavy (non-hydrogen) atoms. The summed E-state index contributed by atoms with van der Waals surface area (Å²) in [4.78, 5) is 11.7. The Balaban J connectivity index is 1.70. The Hall–Kier alpha value is -1.71. The molecule has 110 valence electrons. The fourth-order valence-electron chi connectivity index (χ4n) is 1.86. The number of benzene rings is 2. The average Bonchev–Trinajstić information content (AvgIpc) is 2.49. The van der Waals surface area contributed by atoms with Crippen molar-refractivity contribution in [3.05, 3.63) is 69.7 Å². The smallest absolute Gasteiger partial charge is 0.315 e. The first-order chi connectivity index (χ1) is 10.1. The lowest BCUT2D eigenvalue weighted by atomic mass is 10.1. The summed E-state index contributed by atoms with van der Waals surface area (Å²) in [6, 6.07) is 14.8. The second-order valence-corrected chi connectivity index (χ2v) is 5.42. The molecule has 0 aliphatic rings. The molecule has 0 aliphatic heterocycles. The fourth-order valence-corrected chi connectivity index (χ4v) is 2.22. The maximum atomic E-state index is 11.7. The van der Waals surface area contributed by atoms with Crippen molar-refractivity contribution < 1.29 is 4.79 Å². The van der Waals surface area contributed by atoms with Crippen LogP contribution in [0.25, 0.3) is 0 Å². The van der Waals surface area contributed by atoms with E-state index >= 15 is 0 Å². The molecule has 2 amide bonds. The summed E-state index contributed by atoms with van der Waals surface area (Å²) >= 11 is 11.9. The summed E-state index contributed by atoms with van der Waals surface area (Å²) in [6.07, 6.45) is 0.702. The topological polar surface area (TPSA) is 41.1 Å². The van der Waals surface area contributed by atoms with Gasteiger partial charge in [0.15, 0.2) is 0 Å². The first-order valence-electron chi connectivity index (χ1n) is 6.65. The summed E-state index contributed by atoms with van der Waals surface area (Å²) in [7, 11) is 0. The van der Waals surface area contributed by atoms with Gasteiger partial charge in [-0.05, 0) is 35.7 Å². The van der Waals surface area contributed by atoms with E-state index in [-0.39, 0.29) is 6.03 Å². The number of carbonyl (C=O) groups is 1. The number of hydrogen-bond acceptors (Lipinski definition) is 1. The van der Waals surface area contributed by atoms with Crippen LogP contribution in [-0.4, -0.2) is 12.6 Å². The fraction of sp³-hybridized carbons (Fsp3) is 0.188. The molecule has 0 spiro atoms. The van der Waals surface area contributed by atoms with Crippen LogP contribution in [-0.2, 0) is 13.0 Å². The number of amides is 2. The molecule has 0 aromatic heterocycles. The van der Waals surface area contributed by atoms with Gasteiger partial charge in [0.1, 0.15) is 0 Å². The largest absolute Gasteiger partial charge is 0.338 e. The molecule has 2 aromatic carbocycles. The number of nitrogens with one attached hydrogen (secondary N) is 2. The summed E-state index contributed by atoms with van der Waals surface area (Å²) < 4.78 is 0. The van der Waals surface area contributed by atoms with Crippen molar-refractivity contribution in [3.63, 3.8) is 0 Å². The minimum Gasteiger partial charge on any atom is -0.338 e. The van der Waals surface area contributed by atoms with Gasteiger partial charge in [0.2, 0.25) is 0 Å². The van der Waals surface area contributed by atoms with Gasteiger partial charge in [-0.1, -0.05) is 53.5 Å². The molecule has 3 nitrogen and oxygen atoms in total. The van der Waals surface area contributed by atoms with Crippen LogP contribution in [0, 0.1) is 0 Å². The molecule has 0 heterocycles. The van der Waals surface area contributed by atoms with Crippen LogP contribution in [0.15, 0.2) is 48.5 Å². The number of halogens is 2. The number of hydrogen-bond donors (Lipinski definition) is 2. The van der Waals surface area contributed by atoms with E-state index in [0.29, 0.717) is 24.5 Å². The maximum Gasteiger partial charge on any atom is 0.315 e. The van der Waals surface area contributed by atoms with Gasteiger partial charge in [0, 0.05) is 23.1 Å². The highest BCUT2D eigenvalue weighted by Crippen LogP contribution is 2.14. The molecule has 0 bridgehead atoms. The summed E-state index contributed by atoms with van der Waals surface area (Å²) in [5, 5.41) is 7.00. The van der Waals surface area contributed by atoms with Gasteiger partial charge in [0.25, 0.3) is 0 Å². The van der Waals surface area contributed by atoms with Crippen molar-refractivity contribution in [2.24, 2.45) is 0 Å². The number of carbonyl (C=O) groups excluding carboxylic acids is 1. The average molecular weight is 323 g/mol. The zero-order valence-electron chi connectivity index (χ0n) is 11.4. The minimum absolute atomic E-state index is 0.197. The van der Waals surface area contributed by atoms with E-state index in [1.807, 2.05) is 36.4 Å². The molecule has 2 aromatic rings. The van der Waals surface area contributed by atoms with Crippen molar-refractivity contribution in [2.75, 3.05) is 6.54 Å². The van der Waals surface area contributed by atoms with Crippen LogP contribution in [0.3, 0.4) is 0 Å². The molecule has 5 heteroatoms. The summed E-state index contributed by atoms with van der Waals surface area (Å²) in [5.74, 6) is 0. The van der Waals surface area contributed by atoms with Crippen LogP contribution in [0.2, 0.25) is 10.0 Å². The summed E-state index contributed by atoms with van der Waals surface area (Å²) in [6.45, 7) is 1.01. The third-order valence-corrected chi connectivity index (χ3v) is 3.62. The zero-order valence-corrected chi connectivity index (χ0v) is 12.9. The van der Waals surface area contributed by atoms with Gasteiger partial charge in [-0.15, -0.1) is 0 Å². The van der Waals surface area contributed by atoms with Gasteiger partial charge >= 0.3 is 6.03 Å². The molecule has 0 saturated carbocycles. The third-order valence-electron chi connectivity index (χ3n) is 3.00. The Morgan fingerprint density at radius 3 is 2.38 bits per heavy atom. The Morgan fingerprint density at radius 1 is 0.952 bits per heavy atom. The van der Waals surface area contributed by atoms with Crippen LogP contribution in [0.4, 0.5) is 4.79 Å². The van der Waals surface area contributed by atoms with E-state index in [4.69, 9.17) is 23.2 Å². The van der Waals surface area contributed by atoms with Crippen molar-refractivity contribution in [1.82, 2.24) is 10.6 Å². The lowest BCUT2D eigenvalue weighted by molar-refractivity contribution is 0.240. The number of urea groups is 1. The van der Waals surface area contributed by atoms with Gasteiger partial charge in [0.05, 0.1) is 0 Å². The molecular formula is C16H16Cl2N2O.